The molecule has 0 saturated carbocycles. The fraction of sp³-hybridized carbons (Fsp3) is 0.167. The Morgan fingerprint density at radius 3 is 2.44 bits per heavy atom. The predicted octanol–water partition coefficient (Wildman–Crippen LogP) is 1.71. The van der Waals surface area contributed by atoms with Crippen molar-refractivity contribution in [1.82, 2.24) is 0 Å². The molecule has 0 aliphatic carbocycles. The molecule has 0 aliphatic heterocycles. The summed E-state index contributed by atoms with van der Waals surface area (Å²) in [5.74, 6) is -0.641. The van der Waals surface area contributed by atoms with Crippen LogP contribution in [-0.2, 0) is 14.3 Å². The number of hydrogen-bond acceptors (Lipinski definition) is 4. The summed E-state index contributed by atoms with van der Waals surface area (Å²) in [6.07, 6.45) is 0. The molecule has 0 bridgehead atoms. The highest BCUT2D eigenvalue weighted by Gasteiger charge is 2.10. The lowest BCUT2D eigenvalue weighted by Crippen LogP contribution is -2.15. The van der Waals surface area contributed by atoms with E-state index in [-0.39, 0.29) is 12.2 Å². The summed E-state index contributed by atoms with van der Waals surface area (Å²) in [7, 11) is 0. The van der Waals surface area contributed by atoms with Crippen LogP contribution in [0.5, 0.6) is 5.75 Å². The van der Waals surface area contributed by atoms with Crippen LogP contribution in [0.4, 0.5) is 0 Å². The third kappa shape index (κ3) is 3.96. The van der Waals surface area contributed by atoms with Crippen LogP contribution in [0.2, 0.25) is 0 Å². The average molecular weight is 220 g/mol. The van der Waals surface area contributed by atoms with Gasteiger partial charge in [-0.1, -0.05) is 24.8 Å². The lowest BCUT2D eigenvalue weighted by Gasteiger charge is -2.06. The molecule has 0 unspecified atom stereocenters. The molecule has 0 aromatic heterocycles. The van der Waals surface area contributed by atoms with Crippen molar-refractivity contribution in [3.05, 3.63) is 42.5 Å². The maximum Gasteiger partial charge on any atom is 0.342 e. The van der Waals surface area contributed by atoms with Gasteiger partial charge in [0.25, 0.3) is 0 Å². The van der Waals surface area contributed by atoms with Crippen molar-refractivity contribution in [2.45, 2.75) is 6.92 Å². The largest absolute Gasteiger partial charge is 0.461 e. The molecule has 0 aliphatic rings. The monoisotopic (exact) mass is 220 g/mol. The van der Waals surface area contributed by atoms with E-state index in [1.54, 1.807) is 24.3 Å². The van der Waals surface area contributed by atoms with Crippen molar-refractivity contribution in [2.75, 3.05) is 6.61 Å². The van der Waals surface area contributed by atoms with E-state index in [1.807, 2.05) is 6.07 Å². The molecule has 0 spiro atoms. The summed E-state index contributed by atoms with van der Waals surface area (Å²) >= 11 is 0. The van der Waals surface area contributed by atoms with E-state index < -0.39 is 11.9 Å². The van der Waals surface area contributed by atoms with Crippen molar-refractivity contribution in [2.24, 2.45) is 0 Å². The van der Waals surface area contributed by atoms with Gasteiger partial charge in [0.05, 0.1) is 5.57 Å². The average Bonchev–Trinajstić information content (AvgIpc) is 2.27. The van der Waals surface area contributed by atoms with Crippen molar-refractivity contribution in [3.8, 4) is 5.75 Å². The van der Waals surface area contributed by atoms with Gasteiger partial charge in [0.15, 0.2) is 0 Å². The first kappa shape index (κ1) is 12.0. The van der Waals surface area contributed by atoms with E-state index >= 15 is 0 Å². The second-order valence-corrected chi connectivity index (χ2v) is 3.09. The minimum absolute atomic E-state index is 0.0963. The molecule has 0 radical (unpaired) electrons. The van der Waals surface area contributed by atoms with Gasteiger partial charge in [-0.15, -0.1) is 0 Å². The van der Waals surface area contributed by atoms with Crippen LogP contribution in [0, 0.1) is 0 Å². The first-order valence-electron chi connectivity index (χ1n) is 4.68. The number of ether oxygens (including phenoxy) is 2. The molecular weight excluding hydrogens is 208 g/mol. The molecule has 0 saturated heterocycles. The summed E-state index contributed by atoms with van der Waals surface area (Å²) in [5, 5.41) is 0. The number of hydrogen-bond donors (Lipinski definition) is 0. The Balaban J connectivity index is 2.46. The zero-order valence-electron chi connectivity index (χ0n) is 8.93. The second-order valence-electron chi connectivity index (χ2n) is 3.09. The molecule has 0 amide bonds. The number of carbonyl (C=O) groups is 2. The smallest absolute Gasteiger partial charge is 0.342 e. The van der Waals surface area contributed by atoms with E-state index in [4.69, 9.17) is 4.74 Å². The van der Waals surface area contributed by atoms with Crippen molar-refractivity contribution >= 4 is 11.9 Å². The first-order valence-corrected chi connectivity index (χ1v) is 4.68. The topological polar surface area (TPSA) is 52.6 Å². The second kappa shape index (κ2) is 5.70. The lowest BCUT2D eigenvalue weighted by molar-refractivity contribution is -0.140. The predicted molar refractivity (Wildman–Crippen MR) is 57.9 cm³/mol. The number of carbonyl (C=O) groups excluding carboxylic acids is 2. The molecule has 0 atom stereocenters. The van der Waals surface area contributed by atoms with Gasteiger partial charge in [-0.3, -0.25) is 4.79 Å². The van der Waals surface area contributed by atoms with Gasteiger partial charge in [0, 0.05) is 6.92 Å². The minimum Gasteiger partial charge on any atom is -0.461 e. The zero-order valence-corrected chi connectivity index (χ0v) is 8.93. The van der Waals surface area contributed by atoms with Gasteiger partial charge in [0.2, 0.25) is 0 Å². The fourth-order valence-corrected chi connectivity index (χ4v) is 0.915. The van der Waals surface area contributed by atoms with Crippen LogP contribution in [0.15, 0.2) is 42.5 Å². The Hall–Kier alpha value is -2.10. The van der Waals surface area contributed by atoms with Crippen molar-refractivity contribution < 1.29 is 19.1 Å². The summed E-state index contributed by atoms with van der Waals surface area (Å²) in [6, 6.07) is 8.61. The molecule has 0 N–H and O–H groups in total. The molecule has 1 aromatic rings. The maximum absolute atomic E-state index is 11.4. The highest BCUT2D eigenvalue weighted by molar-refractivity contribution is 5.90. The first-order chi connectivity index (χ1) is 7.59. The molecule has 84 valence electrons. The Kier molecular flexibility index (Phi) is 4.27. The molecule has 1 aromatic carbocycles. The molecular formula is C12H12O4. The van der Waals surface area contributed by atoms with Gasteiger partial charge in [-0.05, 0) is 12.1 Å². The van der Waals surface area contributed by atoms with Crippen LogP contribution in [-0.4, -0.2) is 18.5 Å². The minimum atomic E-state index is -0.604. The third-order valence-corrected chi connectivity index (χ3v) is 1.69. The normalized spacial score (nSPS) is 9.31. The number of benzene rings is 1. The molecule has 4 nitrogen and oxygen atoms in total. The Labute approximate surface area is 93.5 Å². The van der Waals surface area contributed by atoms with Crippen LogP contribution < -0.4 is 4.74 Å². The highest BCUT2D eigenvalue weighted by Crippen LogP contribution is 2.10. The van der Waals surface area contributed by atoms with Crippen LogP contribution in [0.1, 0.15) is 6.92 Å². The van der Waals surface area contributed by atoms with Crippen LogP contribution >= 0.6 is 0 Å². The van der Waals surface area contributed by atoms with Gasteiger partial charge >= 0.3 is 11.9 Å². The maximum atomic E-state index is 11.4. The van der Waals surface area contributed by atoms with E-state index in [0.717, 1.165) is 0 Å². The van der Waals surface area contributed by atoms with Gasteiger partial charge in [-0.2, -0.15) is 0 Å². The Morgan fingerprint density at radius 2 is 1.88 bits per heavy atom. The summed E-state index contributed by atoms with van der Waals surface area (Å²) in [5.41, 5.74) is 0.0963. The summed E-state index contributed by atoms with van der Waals surface area (Å²) < 4.78 is 9.60. The van der Waals surface area contributed by atoms with E-state index in [9.17, 15) is 9.59 Å². The Morgan fingerprint density at radius 1 is 1.25 bits per heavy atom. The molecule has 0 heterocycles. The molecule has 0 fully saturated rings. The van der Waals surface area contributed by atoms with Gasteiger partial charge in [0.1, 0.15) is 12.4 Å². The van der Waals surface area contributed by atoms with Gasteiger partial charge in [-0.25, -0.2) is 4.79 Å². The lowest BCUT2D eigenvalue weighted by atomic mass is 10.3. The third-order valence-electron chi connectivity index (χ3n) is 1.69. The van der Waals surface area contributed by atoms with Crippen LogP contribution in [0.25, 0.3) is 0 Å². The van der Waals surface area contributed by atoms with E-state index in [0.29, 0.717) is 5.75 Å². The van der Waals surface area contributed by atoms with Gasteiger partial charge < -0.3 is 9.47 Å². The molecule has 1 rings (SSSR count). The van der Waals surface area contributed by atoms with Crippen molar-refractivity contribution in [1.29, 1.82) is 0 Å². The fourth-order valence-electron chi connectivity index (χ4n) is 0.915. The summed E-state index contributed by atoms with van der Waals surface area (Å²) in [4.78, 5) is 21.9. The number of para-hydroxylation sites is 1. The quantitative estimate of drug-likeness (QED) is 0.440. The van der Waals surface area contributed by atoms with E-state index in [1.165, 1.54) is 6.92 Å². The summed E-state index contributed by atoms with van der Waals surface area (Å²) in [6.45, 7) is 4.58. The highest BCUT2D eigenvalue weighted by atomic mass is 16.5. The molecule has 16 heavy (non-hydrogen) atoms. The number of esters is 2. The Bertz CT molecular complexity index is 395. The van der Waals surface area contributed by atoms with Crippen molar-refractivity contribution in [3.63, 3.8) is 0 Å². The number of rotatable bonds is 4. The molecule has 4 heteroatoms. The van der Waals surface area contributed by atoms with Crippen LogP contribution in [0.3, 0.4) is 0 Å². The standard InChI is InChI=1S/C12H12O4/c1-9(8-15-10(2)13)12(14)16-11-6-4-3-5-7-11/h3-7H,1,8H2,2H3. The SMILES string of the molecule is C=C(COC(C)=O)C(=O)Oc1ccccc1. The van der Waals surface area contributed by atoms with E-state index in [2.05, 4.69) is 11.3 Å². The zero-order chi connectivity index (χ0) is 12.0.